The Kier molecular flexibility index (Phi) is 11.2. The maximum atomic E-state index is 12.9. The number of rotatable bonds is 8. The summed E-state index contributed by atoms with van der Waals surface area (Å²) in [6, 6.07) is 3.37. The van der Waals surface area contributed by atoms with Gasteiger partial charge < -0.3 is 34.2 Å². The number of alkyl halides is 3. The van der Waals surface area contributed by atoms with Crippen LogP contribution in [0.1, 0.15) is 39.3 Å². The molecule has 1 atom stereocenters. The molecule has 0 bridgehead atoms. The van der Waals surface area contributed by atoms with E-state index in [1.54, 1.807) is 23.4 Å². The molecule has 2 aromatic rings. The van der Waals surface area contributed by atoms with Crippen LogP contribution in [0.4, 0.5) is 34.1 Å². The summed E-state index contributed by atoms with van der Waals surface area (Å²) in [4.78, 5) is 42.1. The van der Waals surface area contributed by atoms with Crippen LogP contribution in [0.5, 0.6) is 5.88 Å². The van der Waals surface area contributed by atoms with Crippen LogP contribution in [0.3, 0.4) is 0 Å². The first-order valence-corrected chi connectivity index (χ1v) is 16.5. The first kappa shape index (κ1) is 35.5. The third kappa shape index (κ3) is 9.84. The average Bonchev–Trinajstić information content (AvgIpc) is 3.49. The Labute approximate surface area is 279 Å². The van der Waals surface area contributed by atoms with E-state index < -0.39 is 30.1 Å². The Hall–Kier alpha value is -3.85. The van der Waals surface area contributed by atoms with E-state index in [9.17, 15) is 22.8 Å². The van der Waals surface area contributed by atoms with Crippen molar-refractivity contribution in [1.29, 1.82) is 0 Å². The number of carbonyl (C=O) groups excluding carboxylic acids is 2. The molecule has 2 aromatic heterocycles. The third-order valence-corrected chi connectivity index (χ3v) is 8.60. The summed E-state index contributed by atoms with van der Waals surface area (Å²) in [5.41, 5.74) is 3.02. The summed E-state index contributed by atoms with van der Waals surface area (Å²) in [5, 5.41) is 2.81. The van der Waals surface area contributed by atoms with Gasteiger partial charge in [0.05, 0.1) is 25.1 Å². The third-order valence-electron chi connectivity index (χ3n) is 8.60. The molecule has 0 saturated carbocycles. The lowest BCUT2D eigenvalue weighted by Crippen LogP contribution is -2.50. The highest BCUT2D eigenvalue weighted by molar-refractivity contribution is 5.90. The molecule has 5 heterocycles. The van der Waals surface area contributed by atoms with E-state index in [1.807, 2.05) is 33.8 Å². The molecule has 3 fully saturated rings. The second kappa shape index (κ2) is 15.1. The van der Waals surface area contributed by atoms with Gasteiger partial charge in [-0.3, -0.25) is 9.88 Å². The van der Waals surface area contributed by atoms with Gasteiger partial charge in [0.25, 0.3) is 0 Å². The average molecular weight is 678 g/mol. The lowest BCUT2D eigenvalue weighted by molar-refractivity contribution is -0.143. The number of hydrogen-bond donors (Lipinski definition) is 1. The second-order valence-electron chi connectivity index (χ2n) is 13.5. The zero-order valence-electron chi connectivity index (χ0n) is 28.1. The van der Waals surface area contributed by atoms with Crippen molar-refractivity contribution in [3.8, 4) is 17.0 Å². The number of urea groups is 1. The van der Waals surface area contributed by atoms with Gasteiger partial charge in [0.1, 0.15) is 17.9 Å². The predicted octanol–water partition coefficient (Wildman–Crippen LogP) is 5.03. The predicted molar refractivity (Wildman–Crippen MR) is 174 cm³/mol. The van der Waals surface area contributed by atoms with Crippen molar-refractivity contribution in [2.24, 2.45) is 5.92 Å². The van der Waals surface area contributed by atoms with Gasteiger partial charge >= 0.3 is 18.3 Å². The minimum absolute atomic E-state index is 0.0636. The quantitative estimate of drug-likeness (QED) is 0.412. The van der Waals surface area contributed by atoms with Crippen molar-refractivity contribution < 1.29 is 37.0 Å². The van der Waals surface area contributed by atoms with Crippen LogP contribution in [0.25, 0.3) is 11.1 Å². The minimum Gasteiger partial charge on any atom is -0.475 e. The highest BCUT2D eigenvalue weighted by atomic mass is 19.4. The fourth-order valence-electron chi connectivity index (χ4n) is 6.09. The van der Waals surface area contributed by atoms with E-state index in [0.29, 0.717) is 70.5 Å². The molecule has 1 N–H and O–H groups in total. The molecule has 3 aliphatic rings. The molecule has 0 aliphatic carbocycles. The number of carbonyl (C=O) groups is 2. The number of piperazine rings is 1. The number of ether oxygens (including phenoxy) is 3. The van der Waals surface area contributed by atoms with Crippen LogP contribution in [0.2, 0.25) is 0 Å². The molecule has 3 amide bonds. The Balaban J connectivity index is 1.23. The smallest absolute Gasteiger partial charge is 0.410 e. The van der Waals surface area contributed by atoms with Gasteiger partial charge in [-0.05, 0) is 52.2 Å². The van der Waals surface area contributed by atoms with Crippen molar-refractivity contribution >= 4 is 23.5 Å². The van der Waals surface area contributed by atoms with Crippen LogP contribution in [-0.4, -0.2) is 127 Å². The molecule has 0 spiro atoms. The highest BCUT2D eigenvalue weighted by Crippen LogP contribution is 2.34. The SMILES string of the molecule is Cc1ncc(NC(=O)N2CC[C@@H](CC(F)(F)F)C2)cc1-c1cnc(OCCN2CCN(C(=O)OC(C)(C)C)CC2)c(N2CCOCC2)c1. The fraction of sp³-hybridized carbons (Fsp3) is 0.636. The van der Waals surface area contributed by atoms with Crippen molar-refractivity contribution in [2.45, 2.75) is 52.3 Å². The van der Waals surface area contributed by atoms with Gasteiger partial charge in [-0.15, -0.1) is 0 Å². The van der Waals surface area contributed by atoms with Gasteiger partial charge in [-0.2, -0.15) is 13.2 Å². The number of hydrogen-bond acceptors (Lipinski definition) is 9. The molecule has 0 radical (unpaired) electrons. The number of halogens is 3. The van der Waals surface area contributed by atoms with Gasteiger partial charge in [-0.1, -0.05) is 0 Å². The van der Waals surface area contributed by atoms with E-state index in [4.69, 9.17) is 19.2 Å². The molecule has 5 rings (SSSR count). The maximum Gasteiger partial charge on any atom is 0.410 e. The number of likely N-dealkylation sites (tertiary alicyclic amines) is 1. The monoisotopic (exact) mass is 677 g/mol. The normalized spacial score (nSPS) is 19.4. The van der Waals surface area contributed by atoms with Crippen molar-refractivity contribution in [3.05, 3.63) is 30.2 Å². The van der Waals surface area contributed by atoms with Gasteiger partial charge in [-0.25, -0.2) is 14.6 Å². The molecule has 3 aliphatic heterocycles. The van der Waals surface area contributed by atoms with Crippen LogP contribution in [0, 0.1) is 12.8 Å². The van der Waals surface area contributed by atoms with Gasteiger partial charge in [0.2, 0.25) is 5.88 Å². The van der Waals surface area contributed by atoms with Crippen LogP contribution in [0.15, 0.2) is 24.5 Å². The summed E-state index contributed by atoms with van der Waals surface area (Å²) >= 11 is 0. The standard InChI is InChI=1S/C33H46F3N7O5/c1-23-27(18-26(21-37-23)39-30(44)43-6-5-24(22-43)19-33(34,35)36)25-17-28(41-12-14-46-15-13-41)29(38-20-25)47-16-11-40-7-9-42(10-8-40)31(45)48-32(2,3)4/h17-18,20-21,24H,5-16,19,22H2,1-4H3,(H,39,44)/t24-/m0/s1. The van der Waals surface area contributed by atoms with Crippen LogP contribution < -0.4 is 15.0 Å². The Morgan fingerprint density at radius 1 is 0.979 bits per heavy atom. The largest absolute Gasteiger partial charge is 0.475 e. The number of pyridine rings is 2. The van der Waals surface area contributed by atoms with E-state index in [2.05, 4.69) is 20.1 Å². The molecule has 0 aromatic carbocycles. The zero-order chi connectivity index (χ0) is 34.5. The number of morpholine rings is 1. The van der Waals surface area contributed by atoms with Gasteiger partial charge in [0.15, 0.2) is 0 Å². The molecule has 264 valence electrons. The molecule has 0 unspecified atom stereocenters. The lowest BCUT2D eigenvalue weighted by atomic mass is 10.0. The van der Waals surface area contributed by atoms with Gasteiger partial charge in [0, 0.05) is 88.3 Å². The maximum absolute atomic E-state index is 12.9. The topological polar surface area (TPSA) is 113 Å². The summed E-state index contributed by atoms with van der Waals surface area (Å²) < 4.78 is 55.8. The van der Waals surface area contributed by atoms with E-state index >= 15 is 0 Å². The summed E-state index contributed by atoms with van der Waals surface area (Å²) in [7, 11) is 0. The lowest BCUT2D eigenvalue weighted by Gasteiger charge is -2.35. The van der Waals surface area contributed by atoms with Crippen molar-refractivity contribution in [1.82, 2.24) is 24.7 Å². The Bertz CT molecular complexity index is 1420. The minimum atomic E-state index is -4.25. The number of amides is 3. The van der Waals surface area contributed by atoms with Crippen molar-refractivity contribution in [2.75, 3.05) is 88.9 Å². The van der Waals surface area contributed by atoms with Crippen molar-refractivity contribution in [3.63, 3.8) is 0 Å². The molecule has 15 heteroatoms. The summed E-state index contributed by atoms with van der Waals surface area (Å²) in [6.45, 7) is 14.0. The number of anilines is 2. The van der Waals surface area contributed by atoms with E-state index in [0.717, 1.165) is 35.6 Å². The molecule has 48 heavy (non-hydrogen) atoms. The zero-order valence-corrected chi connectivity index (χ0v) is 28.1. The number of nitrogens with zero attached hydrogens (tertiary/aromatic N) is 6. The van der Waals surface area contributed by atoms with E-state index in [-0.39, 0.29) is 19.2 Å². The molecular formula is C33H46F3N7O5. The Morgan fingerprint density at radius 3 is 2.40 bits per heavy atom. The van der Waals surface area contributed by atoms with Crippen LogP contribution in [-0.2, 0) is 9.47 Å². The highest BCUT2D eigenvalue weighted by Gasteiger charge is 2.36. The second-order valence-corrected chi connectivity index (χ2v) is 13.5. The molecule has 3 saturated heterocycles. The first-order chi connectivity index (χ1) is 22.7. The Morgan fingerprint density at radius 2 is 1.71 bits per heavy atom. The molecule has 12 nitrogen and oxygen atoms in total. The molecular weight excluding hydrogens is 631 g/mol. The van der Waals surface area contributed by atoms with Crippen LogP contribution >= 0.6 is 0 Å². The van der Waals surface area contributed by atoms with E-state index in [1.165, 1.54) is 4.90 Å². The summed E-state index contributed by atoms with van der Waals surface area (Å²) in [5.74, 6) is -0.0900. The fourth-order valence-corrected chi connectivity index (χ4v) is 6.09. The summed E-state index contributed by atoms with van der Waals surface area (Å²) in [6.07, 6.45) is -1.85. The first-order valence-electron chi connectivity index (χ1n) is 16.5. The number of aromatic nitrogens is 2. The number of nitrogens with one attached hydrogen (secondary N) is 1. The number of aryl methyl sites for hydroxylation is 1.